The van der Waals surface area contributed by atoms with Crippen LogP contribution in [-0.2, 0) is 0 Å². The van der Waals surface area contributed by atoms with Crippen molar-refractivity contribution in [3.05, 3.63) is 48.4 Å². The van der Waals surface area contributed by atoms with Gasteiger partial charge in [0, 0.05) is 5.56 Å². The molecule has 20 heavy (non-hydrogen) atoms. The monoisotopic (exact) mass is 265 g/mol. The van der Waals surface area contributed by atoms with Crippen LogP contribution in [0.4, 0.5) is 4.79 Å². The van der Waals surface area contributed by atoms with Crippen LogP contribution in [0.5, 0.6) is 0 Å². The summed E-state index contributed by atoms with van der Waals surface area (Å²) in [5, 5.41) is 24.0. The van der Waals surface area contributed by atoms with Gasteiger partial charge in [0.15, 0.2) is 5.69 Å². The van der Waals surface area contributed by atoms with Crippen molar-refractivity contribution in [1.29, 1.82) is 5.26 Å². The molecule has 0 saturated carbocycles. The van der Waals surface area contributed by atoms with Gasteiger partial charge < -0.3 is 0 Å². The maximum absolute atomic E-state index is 12.1. The Morgan fingerprint density at radius 3 is 2.65 bits per heavy atom. The van der Waals surface area contributed by atoms with Crippen molar-refractivity contribution in [2.75, 3.05) is 0 Å². The summed E-state index contributed by atoms with van der Waals surface area (Å²) in [6, 6.07) is 10.4. The maximum Gasteiger partial charge on any atom is 0.373 e. The van der Waals surface area contributed by atoms with Gasteiger partial charge in [-0.15, -0.1) is 14.9 Å². The van der Waals surface area contributed by atoms with E-state index >= 15 is 0 Å². The summed E-state index contributed by atoms with van der Waals surface area (Å²) in [6.45, 7) is 0. The minimum Gasteiger partial charge on any atom is -0.243 e. The van der Waals surface area contributed by atoms with Crippen LogP contribution in [-0.4, -0.2) is 36.0 Å². The summed E-state index contributed by atoms with van der Waals surface area (Å²) in [6.07, 6.45) is 2.73. The van der Waals surface area contributed by atoms with Crippen LogP contribution in [0, 0.1) is 11.3 Å². The fourth-order valence-corrected chi connectivity index (χ4v) is 1.71. The van der Waals surface area contributed by atoms with Gasteiger partial charge >= 0.3 is 6.03 Å². The summed E-state index contributed by atoms with van der Waals surface area (Å²) in [7, 11) is 0. The van der Waals surface area contributed by atoms with Crippen molar-refractivity contribution < 1.29 is 4.79 Å². The Labute approximate surface area is 112 Å². The lowest BCUT2D eigenvalue weighted by atomic mass is 10.1. The average molecular weight is 265 g/mol. The first-order valence-electron chi connectivity index (χ1n) is 5.63. The number of carbonyl (C=O) groups is 1. The van der Waals surface area contributed by atoms with Gasteiger partial charge in [0.25, 0.3) is 0 Å². The smallest absolute Gasteiger partial charge is 0.243 e. The Balaban J connectivity index is 2.10. The Kier molecular flexibility index (Phi) is 2.78. The average Bonchev–Trinajstić information content (AvgIpc) is 3.16. The molecule has 2 aromatic heterocycles. The van der Waals surface area contributed by atoms with E-state index in [2.05, 4.69) is 20.6 Å². The molecule has 0 bridgehead atoms. The van der Waals surface area contributed by atoms with E-state index in [-0.39, 0.29) is 5.69 Å². The minimum atomic E-state index is -0.617. The molecule has 3 rings (SSSR count). The summed E-state index contributed by atoms with van der Waals surface area (Å²) in [5.74, 6) is 0. The molecule has 2 heterocycles. The molecule has 0 aliphatic rings. The molecule has 0 radical (unpaired) electrons. The maximum atomic E-state index is 12.1. The van der Waals surface area contributed by atoms with Gasteiger partial charge in [-0.1, -0.05) is 40.8 Å². The highest BCUT2D eigenvalue weighted by Gasteiger charge is 2.20. The van der Waals surface area contributed by atoms with Crippen molar-refractivity contribution in [3.63, 3.8) is 0 Å². The van der Waals surface area contributed by atoms with Gasteiger partial charge in [0.2, 0.25) is 0 Å². The molecule has 0 fully saturated rings. The fraction of sp³-hybridized carbons (Fsp3) is 0. The first-order chi connectivity index (χ1) is 9.81. The van der Waals surface area contributed by atoms with E-state index in [0.29, 0.717) is 11.3 Å². The molecule has 0 spiro atoms. The van der Waals surface area contributed by atoms with Crippen LogP contribution in [0.3, 0.4) is 0 Å². The van der Waals surface area contributed by atoms with E-state index in [1.54, 1.807) is 12.1 Å². The number of carbonyl (C=O) groups excluding carboxylic acids is 1. The van der Waals surface area contributed by atoms with E-state index in [1.807, 2.05) is 24.3 Å². The predicted octanol–water partition coefficient (Wildman–Crippen LogP) is 0.925. The Bertz CT molecular complexity index is 783. The van der Waals surface area contributed by atoms with Gasteiger partial charge in [0.05, 0.1) is 12.4 Å². The third-order valence-corrected chi connectivity index (χ3v) is 2.62. The Morgan fingerprint density at radius 1 is 1.20 bits per heavy atom. The summed E-state index contributed by atoms with van der Waals surface area (Å²) in [5.41, 5.74) is 1.11. The highest BCUT2D eigenvalue weighted by molar-refractivity contribution is 5.80. The molecule has 8 heteroatoms. The van der Waals surface area contributed by atoms with Crippen molar-refractivity contribution in [2.45, 2.75) is 0 Å². The largest absolute Gasteiger partial charge is 0.373 e. The van der Waals surface area contributed by atoms with Gasteiger partial charge in [-0.05, 0) is 0 Å². The van der Waals surface area contributed by atoms with Crippen molar-refractivity contribution >= 4 is 6.03 Å². The zero-order valence-electron chi connectivity index (χ0n) is 10.1. The summed E-state index contributed by atoms with van der Waals surface area (Å²) in [4.78, 5) is 12.1. The topological polar surface area (TPSA) is 102 Å². The Morgan fingerprint density at radius 2 is 2.00 bits per heavy atom. The van der Waals surface area contributed by atoms with E-state index in [0.717, 1.165) is 9.36 Å². The number of hydrogen-bond donors (Lipinski definition) is 0. The van der Waals surface area contributed by atoms with E-state index in [4.69, 9.17) is 0 Å². The zero-order valence-corrected chi connectivity index (χ0v) is 10.1. The van der Waals surface area contributed by atoms with E-state index in [1.165, 1.54) is 12.4 Å². The van der Waals surface area contributed by atoms with Crippen LogP contribution >= 0.6 is 0 Å². The van der Waals surface area contributed by atoms with Crippen LogP contribution < -0.4 is 0 Å². The normalized spacial score (nSPS) is 10.2. The molecule has 96 valence electrons. The first kappa shape index (κ1) is 11.7. The molecule has 1 aromatic carbocycles. The van der Waals surface area contributed by atoms with Gasteiger partial charge in [0.1, 0.15) is 11.8 Å². The van der Waals surface area contributed by atoms with E-state index < -0.39 is 6.03 Å². The lowest BCUT2D eigenvalue weighted by Gasteiger charge is -1.99. The second-order valence-corrected chi connectivity index (χ2v) is 3.81. The number of hydrogen-bond acceptors (Lipinski definition) is 6. The highest BCUT2D eigenvalue weighted by atomic mass is 16.2. The molecule has 3 aromatic rings. The molecule has 0 atom stereocenters. The number of aromatic nitrogens is 6. The van der Waals surface area contributed by atoms with Crippen molar-refractivity contribution in [2.24, 2.45) is 0 Å². The molecule has 0 unspecified atom stereocenters. The van der Waals surface area contributed by atoms with Gasteiger partial charge in [-0.25, -0.2) is 4.79 Å². The lowest BCUT2D eigenvalue weighted by Crippen LogP contribution is -2.22. The number of nitrogens with zero attached hydrogens (tertiary/aromatic N) is 7. The van der Waals surface area contributed by atoms with Crippen LogP contribution in [0.15, 0.2) is 42.7 Å². The van der Waals surface area contributed by atoms with Gasteiger partial charge in [-0.2, -0.15) is 9.94 Å². The molecular weight excluding hydrogens is 258 g/mol. The van der Waals surface area contributed by atoms with E-state index in [9.17, 15) is 10.1 Å². The minimum absolute atomic E-state index is 0.0525. The molecule has 0 amide bonds. The van der Waals surface area contributed by atoms with Crippen LogP contribution in [0.25, 0.3) is 11.3 Å². The molecule has 0 N–H and O–H groups in total. The van der Waals surface area contributed by atoms with Crippen LogP contribution in [0.1, 0.15) is 5.69 Å². The Hall–Kier alpha value is -3.34. The first-order valence-corrected chi connectivity index (χ1v) is 5.63. The standard InChI is InChI=1S/C12H7N7O/c13-8-10-11(9-4-2-1-3-5-9)15-17-19(10)12(20)18-7-6-14-16-18/h1-7H. The summed E-state index contributed by atoms with van der Waals surface area (Å²) >= 11 is 0. The van der Waals surface area contributed by atoms with Crippen molar-refractivity contribution in [1.82, 2.24) is 30.0 Å². The molecule has 0 aliphatic carbocycles. The number of nitriles is 1. The molecule has 8 nitrogen and oxygen atoms in total. The van der Waals surface area contributed by atoms with Gasteiger partial charge in [-0.3, -0.25) is 0 Å². The quantitative estimate of drug-likeness (QED) is 0.648. The molecule has 0 saturated heterocycles. The second kappa shape index (κ2) is 4.74. The summed E-state index contributed by atoms with van der Waals surface area (Å²) < 4.78 is 1.88. The number of rotatable bonds is 1. The van der Waals surface area contributed by atoms with Crippen molar-refractivity contribution in [3.8, 4) is 17.3 Å². The highest BCUT2D eigenvalue weighted by Crippen LogP contribution is 2.20. The molecular formula is C12H7N7O. The fourth-order valence-electron chi connectivity index (χ4n) is 1.71. The lowest BCUT2D eigenvalue weighted by molar-refractivity contribution is 0.237. The number of benzene rings is 1. The van der Waals surface area contributed by atoms with Crippen LogP contribution in [0.2, 0.25) is 0 Å². The predicted molar refractivity (Wildman–Crippen MR) is 66.4 cm³/mol. The molecule has 0 aliphatic heterocycles. The third-order valence-electron chi connectivity index (χ3n) is 2.62. The zero-order chi connectivity index (χ0) is 13.9. The third kappa shape index (κ3) is 1.83. The second-order valence-electron chi connectivity index (χ2n) is 3.81. The SMILES string of the molecule is N#Cc1c(-c2ccccc2)nnn1C(=O)n1ccnn1.